The van der Waals surface area contributed by atoms with Gasteiger partial charge in [0.25, 0.3) is 5.89 Å². The first-order valence-corrected chi connectivity index (χ1v) is 9.69. The van der Waals surface area contributed by atoms with E-state index >= 15 is 0 Å². The molecule has 3 aromatic rings. The van der Waals surface area contributed by atoms with Crippen molar-refractivity contribution in [3.05, 3.63) is 52.5 Å². The Hall–Kier alpha value is -3.06. The molecule has 7 nitrogen and oxygen atoms in total. The largest absolute Gasteiger partial charge is 0.489 e. The minimum Gasteiger partial charge on any atom is -0.489 e. The number of carbonyl (C=O) groups is 1. The van der Waals surface area contributed by atoms with Crippen LogP contribution in [-0.2, 0) is 13.0 Å². The molecule has 0 radical (unpaired) electrons. The number of ether oxygens (including phenoxy) is 1. The second-order valence-electron chi connectivity index (χ2n) is 7.13. The molecule has 0 aliphatic carbocycles. The lowest BCUT2D eigenvalue weighted by molar-refractivity contribution is 0.140. The molecule has 0 saturated carbocycles. The van der Waals surface area contributed by atoms with Crippen LogP contribution in [0.4, 0.5) is 4.79 Å². The van der Waals surface area contributed by atoms with E-state index in [-0.39, 0.29) is 6.10 Å². The van der Waals surface area contributed by atoms with E-state index in [2.05, 4.69) is 10.1 Å². The molecule has 1 aromatic heterocycles. The number of benzene rings is 2. The molecule has 29 heavy (non-hydrogen) atoms. The van der Waals surface area contributed by atoms with Crippen molar-refractivity contribution in [1.82, 2.24) is 15.0 Å². The van der Waals surface area contributed by atoms with Crippen molar-refractivity contribution in [3.63, 3.8) is 0 Å². The molecule has 1 amide bonds. The molecular formula is C21H20ClN3O4. The average molecular weight is 414 g/mol. The van der Waals surface area contributed by atoms with Gasteiger partial charge in [0.05, 0.1) is 11.1 Å². The van der Waals surface area contributed by atoms with Crippen LogP contribution in [0.5, 0.6) is 5.75 Å². The van der Waals surface area contributed by atoms with Crippen LogP contribution < -0.4 is 4.74 Å². The predicted molar refractivity (Wildman–Crippen MR) is 108 cm³/mol. The Morgan fingerprint density at radius 3 is 2.86 bits per heavy atom. The van der Waals surface area contributed by atoms with Crippen molar-refractivity contribution < 1.29 is 19.2 Å². The average Bonchev–Trinajstić information content (AvgIpc) is 3.18. The molecule has 1 aliphatic heterocycles. The zero-order valence-corrected chi connectivity index (χ0v) is 16.8. The first-order chi connectivity index (χ1) is 13.9. The van der Waals surface area contributed by atoms with E-state index < -0.39 is 6.09 Å². The van der Waals surface area contributed by atoms with Gasteiger partial charge in [-0.1, -0.05) is 35.0 Å². The normalized spacial score (nSPS) is 13.4. The van der Waals surface area contributed by atoms with E-state index in [0.29, 0.717) is 47.6 Å². The molecular weight excluding hydrogens is 394 g/mol. The van der Waals surface area contributed by atoms with Gasteiger partial charge in [0, 0.05) is 24.2 Å². The Morgan fingerprint density at radius 1 is 1.31 bits per heavy atom. The summed E-state index contributed by atoms with van der Waals surface area (Å²) in [5, 5.41) is 13.8. The van der Waals surface area contributed by atoms with Gasteiger partial charge in [-0.25, -0.2) is 4.79 Å². The zero-order valence-electron chi connectivity index (χ0n) is 16.1. The Labute approximate surface area is 172 Å². The number of fused-ring (bicyclic) bond motifs is 1. The molecule has 1 aliphatic rings. The molecule has 1 N–H and O–H groups in total. The van der Waals surface area contributed by atoms with Crippen LogP contribution in [0, 0.1) is 0 Å². The third kappa shape index (κ3) is 3.91. The Kier molecular flexibility index (Phi) is 5.15. The second-order valence-corrected chi connectivity index (χ2v) is 7.54. The highest BCUT2D eigenvalue weighted by molar-refractivity contribution is 6.32. The standard InChI is InChI=1S/C21H20ClN3O4/c1-12(2)28-18-7-6-13(10-17(18)22)20-23-19(24-29-20)16-5-3-4-14-11-25(21(26)27)9-8-15(14)16/h3-7,10,12H,8-9,11H2,1-2H3,(H,26,27). The molecule has 0 bridgehead atoms. The third-order valence-electron chi connectivity index (χ3n) is 4.74. The van der Waals surface area contributed by atoms with Crippen LogP contribution in [0.25, 0.3) is 22.8 Å². The molecule has 0 saturated heterocycles. The number of aromatic nitrogens is 2. The van der Waals surface area contributed by atoms with E-state index in [0.717, 1.165) is 16.7 Å². The molecule has 150 valence electrons. The van der Waals surface area contributed by atoms with Crippen molar-refractivity contribution in [1.29, 1.82) is 0 Å². The van der Waals surface area contributed by atoms with Crippen molar-refractivity contribution in [2.45, 2.75) is 32.9 Å². The minimum atomic E-state index is -0.912. The number of amides is 1. The van der Waals surface area contributed by atoms with Crippen molar-refractivity contribution >= 4 is 17.7 Å². The van der Waals surface area contributed by atoms with Crippen molar-refractivity contribution in [3.8, 4) is 28.6 Å². The fourth-order valence-electron chi connectivity index (χ4n) is 3.42. The molecule has 0 spiro atoms. The first kappa shape index (κ1) is 19.3. The van der Waals surface area contributed by atoms with Gasteiger partial charge in [0.1, 0.15) is 5.75 Å². The van der Waals surface area contributed by atoms with Crippen LogP contribution in [-0.4, -0.2) is 38.9 Å². The maximum Gasteiger partial charge on any atom is 0.407 e. The highest BCUT2D eigenvalue weighted by atomic mass is 35.5. The topological polar surface area (TPSA) is 88.7 Å². The van der Waals surface area contributed by atoms with Crippen LogP contribution in [0.2, 0.25) is 5.02 Å². The SMILES string of the molecule is CC(C)Oc1ccc(-c2nc(-c3cccc4c3CCN(C(=O)O)C4)no2)cc1Cl. The minimum absolute atomic E-state index is 0.0228. The quantitative estimate of drug-likeness (QED) is 0.655. The van der Waals surface area contributed by atoms with E-state index in [9.17, 15) is 9.90 Å². The number of carboxylic acid groups (broad SMARTS) is 1. The Balaban J connectivity index is 1.63. The highest BCUT2D eigenvalue weighted by Crippen LogP contribution is 2.33. The zero-order chi connectivity index (χ0) is 20.5. The fraction of sp³-hybridized carbons (Fsp3) is 0.286. The summed E-state index contributed by atoms with van der Waals surface area (Å²) in [6.45, 7) is 4.67. The number of halogens is 1. The van der Waals surface area contributed by atoms with E-state index in [1.54, 1.807) is 12.1 Å². The van der Waals surface area contributed by atoms with Crippen LogP contribution >= 0.6 is 11.6 Å². The van der Waals surface area contributed by atoms with Crippen LogP contribution in [0.3, 0.4) is 0 Å². The lowest BCUT2D eigenvalue weighted by Crippen LogP contribution is -2.34. The number of rotatable bonds is 4. The lowest BCUT2D eigenvalue weighted by Gasteiger charge is -2.27. The van der Waals surface area contributed by atoms with Crippen molar-refractivity contribution in [2.75, 3.05) is 6.54 Å². The lowest BCUT2D eigenvalue weighted by atomic mass is 9.94. The Morgan fingerprint density at radius 2 is 2.14 bits per heavy atom. The smallest absolute Gasteiger partial charge is 0.407 e. The van der Waals surface area contributed by atoms with Gasteiger partial charge in [-0.3, -0.25) is 0 Å². The predicted octanol–water partition coefficient (Wildman–Crippen LogP) is 4.88. The summed E-state index contributed by atoms with van der Waals surface area (Å²) in [5.74, 6) is 1.43. The second kappa shape index (κ2) is 7.75. The summed E-state index contributed by atoms with van der Waals surface area (Å²) >= 11 is 6.31. The third-order valence-corrected chi connectivity index (χ3v) is 5.04. The number of nitrogens with zero attached hydrogens (tertiary/aromatic N) is 3. The Bertz CT molecular complexity index is 1060. The first-order valence-electron chi connectivity index (χ1n) is 9.31. The molecule has 4 rings (SSSR count). The maximum atomic E-state index is 11.3. The highest BCUT2D eigenvalue weighted by Gasteiger charge is 2.24. The van der Waals surface area contributed by atoms with E-state index in [1.165, 1.54) is 4.90 Å². The van der Waals surface area contributed by atoms with Gasteiger partial charge in [0.2, 0.25) is 5.82 Å². The van der Waals surface area contributed by atoms with E-state index in [1.807, 2.05) is 38.1 Å². The summed E-state index contributed by atoms with van der Waals surface area (Å²) in [4.78, 5) is 17.2. The molecule has 0 unspecified atom stereocenters. The molecule has 2 heterocycles. The maximum absolute atomic E-state index is 11.3. The van der Waals surface area contributed by atoms with Gasteiger partial charge >= 0.3 is 6.09 Å². The number of hydrogen-bond acceptors (Lipinski definition) is 5. The molecule has 0 atom stereocenters. The summed E-state index contributed by atoms with van der Waals surface area (Å²) < 4.78 is 11.1. The van der Waals surface area contributed by atoms with Crippen LogP contribution in [0.1, 0.15) is 25.0 Å². The van der Waals surface area contributed by atoms with Gasteiger partial charge < -0.3 is 19.3 Å². The van der Waals surface area contributed by atoms with Gasteiger partial charge in [-0.05, 0) is 49.6 Å². The van der Waals surface area contributed by atoms with Gasteiger partial charge in [-0.15, -0.1) is 0 Å². The summed E-state index contributed by atoms with van der Waals surface area (Å²) in [6.07, 6.45) is -0.284. The molecule has 0 fully saturated rings. The monoisotopic (exact) mass is 413 g/mol. The molecule has 2 aromatic carbocycles. The summed E-state index contributed by atoms with van der Waals surface area (Å²) in [7, 11) is 0. The summed E-state index contributed by atoms with van der Waals surface area (Å²) in [6, 6.07) is 11.1. The van der Waals surface area contributed by atoms with E-state index in [4.69, 9.17) is 20.9 Å². The van der Waals surface area contributed by atoms with Gasteiger partial charge in [-0.2, -0.15) is 4.98 Å². The van der Waals surface area contributed by atoms with Gasteiger partial charge in [0.15, 0.2) is 0 Å². The van der Waals surface area contributed by atoms with Crippen LogP contribution in [0.15, 0.2) is 40.9 Å². The summed E-state index contributed by atoms with van der Waals surface area (Å²) in [5.41, 5.74) is 3.57. The number of hydrogen-bond donors (Lipinski definition) is 1. The fourth-order valence-corrected chi connectivity index (χ4v) is 3.64. The van der Waals surface area contributed by atoms with Crippen molar-refractivity contribution in [2.24, 2.45) is 0 Å². The molecule has 8 heteroatoms.